The van der Waals surface area contributed by atoms with Crippen LogP contribution in [0, 0.1) is 5.92 Å². The summed E-state index contributed by atoms with van der Waals surface area (Å²) in [5, 5.41) is 7.81. The maximum Gasteiger partial charge on any atom is 0.0522 e. The van der Waals surface area contributed by atoms with Gasteiger partial charge in [-0.15, -0.1) is 0 Å². The third-order valence-electron chi connectivity index (χ3n) is 3.42. The maximum absolute atomic E-state index is 4.21. The van der Waals surface area contributed by atoms with Gasteiger partial charge in [0.1, 0.15) is 0 Å². The molecular weight excluding hydrogens is 186 g/mol. The molecule has 2 atom stereocenters. The van der Waals surface area contributed by atoms with Gasteiger partial charge in [0.15, 0.2) is 0 Å². The Kier molecular flexibility index (Phi) is 3.41. The van der Waals surface area contributed by atoms with E-state index < -0.39 is 0 Å². The molecule has 1 aliphatic rings. The Morgan fingerprint density at radius 2 is 2.47 bits per heavy atom. The Bertz CT molecular complexity index is 306. The number of aromatic nitrogens is 2. The van der Waals surface area contributed by atoms with Crippen molar-refractivity contribution in [2.45, 2.75) is 38.6 Å². The summed E-state index contributed by atoms with van der Waals surface area (Å²) in [6.45, 7) is 3.49. The molecule has 1 aliphatic heterocycles. The minimum absolute atomic E-state index is 0.660. The van der Waals surface area contributed by atoms with Crippen molar-refractivity contribution in [3.8, 4) is 0 Å². The van der Waals surface area contributed by atoms with Gasteiger partial charge >= 0.3 is 0 Å². The molecule has 1 N–H and O–H groups in total. The van der Waals surface area contributed by atoms with Crippen molar-refractivity contribution < 1.29 is 0 Å². The van der Waals surface area contributed by atoms with Crippen molar-refractivity contribution in [2.24, 2.45) is 13.0 Å². The Balaban J connectivity index is 1.88. The van der Waals surface area contributed by atoms with Gasteiger partial charge in [0.2, 0.25) is 0 Å². The van der Waals surface area contributed by atoms with Crippen LogP contribution in [0.2, 0.25) is 0 Å². The Labute approximate surface area is 91.9 Å². The largest absolute Gasteiger partial charge is 0.314 e. The van der Waals surface area contributed by atoms with E-state index in [1.807, 2.05) is 17.9 Å². The van der Waals surface area contributed by atoms with Gasteiger partial charge in [-0.25, -0.2) is 0 Å². The zero-order chi connectivity index (χ0) is 10.7. The molecule has 0 bridgehead atoms. The number of nitrogens with one attached hydrogen (secondary N) is 1. The molecule has 3 heteroatoms. The van der Waals surface area contributed by atoms with E-state index in [4.69, 9.17) is 0 Å². The maximum atomic E-state index is 4.21. The molecule has 1 saturated heterocycles. The molecule has 2 unspecified atom stereocenters. The fourth-order valence-corrected chi connectivity index (χ4v) is 2.48. The summed E-state index contributed by atoms with van der Waals surface area (Å²) in [6.07, 6.45) is 9.23. The second kappa shape index (κ2) is 4.79. The SMILES string of the molecule is CCC1CCNC(Cc2cnn(C)c2)C1. The lowest BCUT2D eigenvalue weighted by molar-refractivity contribution is 0.294. The van der Waals surface area contributed by atoms with E-state index in [9.17, 15) is 0 Å². The van der Waals surface area contributed by atoms with Crippen molar-refractivity contribution in [1.82, 2.24) is 15.1 Å². The molecule has 0 aliphatic carbocycles. The van der Waals surface area contributed by atoms with Gasteiger partial charge in [-0.2, -0.15) is 5.10 Å². The van der Waals surface area contributed by atoms with Gasteiger partial charge < -0.3 is 5.32 Å². The fraction of sp³-hybridized carbons (Fsp3) is 0.750. The number of aryl methyl sites for hydroxylation is 1. The molecule has 84 valence electrons. The lowest BCUT2D eigenvalue weighted by atomic mass is 9.88. The normalized spacial score (nSPS) is 26.8. The summed E-state index contributed by atoms with van der Waals surface area (Å²) in [5.74, 6) is 0.924. The van der Waals surface area contributed by atoms with E-state index >= 15 is 0 Å². The molecule has 0 amide bonds. The highest BCUT2D eigenvalue weighted by molar-refractivity contribution is 5.06. The zero-order valence-corrected chi connectivity index (χ0v) is 9.74. The molecule has 3 nitrogen and oxygen atoms in total. The molecule has 0 saturated carbocycles. The van der Waals surface area contributed by atoms with E-state index in [1.165, 1.54) is 31.4 Å². The third kappa shape index (κ3) is 2.81. The molecule has 15 heavy (non-hydrogen) atoms. The molecule has 1 aromatic rings. The number of rotatable bonds is 3. The predicted molar refractivity (Wildman–Crippen MR) is 61.7 cm³/mol. The first-order chi connectivity index (χ1) is 7.28. The van der Waals surface area contributed by atoms with Crippen LogP contribution in [0.15, 0.2) is 12.4 Å². The molecule has 2 rings (SSSR count). The molecule has 1 aromatic heterocycles. The van der Waals surface area contributed by atoms with Gasteiger partial charge in [0.25, 0.3) is 0 Å². The lowest BCUT2D eigenvalue weighted by Gasteiger charge is -2.29. The van der Waals surface area contributed by atoms with Crippen LogP contribution >= 0.6 is 0 Å². The van der Waals surface area contributed by atoms with E-state index in [2.05, 4.69) is 23.5 Å². The number of nitrogens with zero attached hydrogens (tertiary/aromatic N) is 2. The Hall–Kier alpha value is -0.830. The first-order valence-corrected chi connectivity index (χ1v) is 5.99. The minimum Gasteiger partial charge on any atom is -0.314 e. The third-order valence-corrected chi connectivity index (χ3v) is 3.42. The van der Waals surface area contributed by atoms with E-state index in [0.717, 1.165) is 12.3 Å². The second-order valence-electron chi connectivity index (χ2n) is 4.68. The quantitative estimate of drug-likeness (QED) is 0.818. The molecular formula is C12H21N3. The topological polar surface area (TPSA) is 29.9 Å². The van der Waals surface area contributed by atoms with Gasteiger partial charge in [0, 0.05) is 19.3 Å². The van der Waals surface area contributed by atoms with E-state index in [1.54, 1.807) is 0 Å². The van der Waals surface area contributed by atoms with Crippen LogP contribution in [0.1, 0.15) is 31.7 Å². The Morgan fingerprint density at radius 1 is 1.60 bits per heavy atom. The summed E-state index contributed by atoms with van der Waals surface area (Å²) in [6, 6.07) is 0.660. The number of piperidine rings is 1. The highest BCUT2D eigenvalue weighted by atomic mass is 15.2. The first kappa shape index (κ1) is 10.7. The smallest absolute Gasteiger partial charge is 0.0522 e. The average molecular weight is 207 g/mol. The van der Waals surface area contributed by atoms with Crippen molar-refractivity contribution in [3.05, 3.63) is 18.0 Å². The number of hydrogen-bond donors (Lipinski definition) is 1. The molecule has 0 spiro atoms. The van der Waals surface area contributed by atoms with Crippen LogP contribution in [-0.2, 0) is 13.5 Å². The van der Waals surface area contributed by atoms with Crippen LogP contribution in [0.3, 0.4) is 0 Å². The van der Waals surface area contributed by atoms with Gasteiger partial charge in [0.05, 0.1) is 6.20 Å². The molecule has 1 fully saturated rings. The van der Waals surface area contributed by atoms with Crippen LogP contribution in [0.4, 0.5) is 0 Å². The second-order valence-corrected chi connectivity index (χ2v) is 4.68. The zero-order valence-electron chi connectivity index (χ0n) is 9.74. The standard InChI is InChI=1S/C12H21N3/c1-3-10-4-5-13-12(6-10)7-11-8-14-15(2)9-11/h8-10,12-13H,3-7H2,1-2H3. The summed E-state index contributed by atoms with van der Waals surface area (Å²) < 4.78 is 1.88. The highest BCUT2D eigenvalue weighted by Gasteiger charge is 2.20. The summed E-state index contributed by atoms with van der Waals surface area (Å²) in [4.78, 5) is 0. The van der Waals surface area contributed by atoms with Crippen molar-refractivity contribution in [1.29, 1.82) is 0 Å². The average Bonchev–Trinajstić information content (AvgIpc) is 2.64. The van der Waals surface area contributed by atoms with Gasteiger partial charge in [-0.1, -0.05) is 13.3 Å². The lowest BCUT2D eigenvalue weighted by Crippen LogP contribution is -2.39. The van der Waals surface area contributed by atoms with Crippen LogP contribution in [0.25, 0.3) is 0 Å². The van der Waals surface area contributed by atoms with Gasteiger partial charge in [-0.3, -0.25) is 4.68 Å². The molecule has 0 radical (unpaired) electrons. The summed E-state index contributed by atoms with van der Waals surface area (Å²) in [5.41, 5.74) is 1.35. The molecule has 0 aromatic carbocycles. The van der Waals surface area contributed by atoms with Crippen LogP contribution < -0.4 is 5.32 Å². The molecule has 2 heterocycles. The monoisotopic (exact) mass is 207 g/mol. The minimum atomic E-state index is 0.660. The fourth-order valence-electron chi connectivity index (χ4n) is 2.48. The van der Waals surface area contributed by atoms with E-state index in [-0.39, 0.29) is 0 Å². The van der Waals surface area contributed by atoms with Crippen molar-refractivity contribution >= 4 is 0 Å². The van der Waals surface area contributed by atoms with Crippen molar-refractivity contribution in [3.63, 3.8) is 0 Å². The summed E-state index contributed by atoms with van der Waals surface area (Å²) >= 11 is 0. The summed E-state index contributed by atoms with van der Waals surface area (Å²) in [7, 11) is 1.98. The van der Waals surface area contributed by atoms with Gasteiger partial charge in [-0.05, 0) is 37.3 Å². The predicted octanol–water partition coefficient (Wildman–Crippen LogP) is 1.74. The Morgan fingerprint density at radius 3 is 3.13 bits per heavy atom. The van der Waals surface area contributed by atoms with Crippen LogP contribution in [0.5, 0.6) is 0 Å². The number of hydrogen-bond acceptors (Lipinski definition) is 2. The first-order valence-electron chi connectivity index (χ1n) is 5.99. The van der Waals surface area contributed by atoms with Crippen molar-refractivity contribution in [2.75, 3.05) is 6.54 Å². The van der Waals surface area contributed by atoms with E-state index in [0.29, 0.717) is 6.04 Å². The van der Waals surface area contributed by atoms with Crippen LogP contribution in [-0.4, -0.2) is 22.4 Å². The highest BCUT2D eigenvalue weighted by Crippen LogP contribution is 2.21.